The molecule has 4 atom stereocenters. The zero-order chi connectivity index (χ0) is 16.4. The molecule has 3 N–H and O–H groups in total. The van der Waals surface area contributed by atoms with E-state index in [9.17, 15) is 14.4 Å². The van der Waals surface area contributed by atoms with Crippen molar-refractivity contribution in [1.82, 2.24) is 30.9 Å². The Morgan fingerprint density at radius 1 is 0.864 bits per heavy atom. The van der Waals surface area contributed by atoms with Crippen LogP contribution in [-0.2, 0) is 14.4 Å². The molecule has 0 aliphatic carbocycles. The van der Waals surface area contributed by atoms with Crippen molar-refractivity contribution in [3.63, 3.8) is 0 Å². The second-order valence-electron chi connectivity index (χ2n) is 5.49. The number of fused-ring (bicyclic) bond motifs is 2. The molecule has 0 aromatic carbocycles. The van der Waals surface area contributed by atoms with E-state index in [1.54, 1.807) is 33.9 Å². The molecule has 9 nitrogen and oxygen atoms in total. The van der Waals surface area contributed by atoms with E-state index in [1.807, 2.05) is 0 Å². The highest BCUT2D eigenvalue weighted by Crippen LogP contribution is 2.12. The average Bonchev–Trinajstić information content (AvgIpc) is 2.94. The van der Waals surface area contributed by atoms with Crippen LogP contribution in [0.4, 0.5) is 0 Å². The van der Waals surface area contributed by atoms with Crippen molar-refractivity contribution in [3.05, 3.63) is 11.9 Å². The SMILES string of the molecule is C[C@@H]1NC(=O)[C@H](C)NC(=O)[C@@H](C)n2cc(nn2)[C@H](C)NC1=O. The molecule has 1 aromatic heterocycles. The number of aromatic nitrogens is 3. The molecule has 2 heterocycles. The molecular weight excluding hydrogens is 288 g/mol. The topological polar surface area (TPSA) is 118 Å². The zero-order valence-electron chi connectivity index (χ0n) is 13.0. The van der Waals surface area contributed by atoms with Gasteiger partial charge in [0.2, 0.25) is 17.7 Å². The molecular formula is C13H20N6O3. The van der Waals surface area contributed by atoms with E-state index in [0.29, 0.717) is 5.69 Å². The fourth-order valence-electron chi connectivity index (χ4n) is 2.01. The van der Waals surface area contributed by atoms with E-state index < -0.39 is 24.0 Å². The van der Waals surface area contributed by atoms with E-state index in [-0.39, 0.29) is 17.9 Å². The Labute approximate surface area is 127 Å². The Morgan fingerprint density at radius 2 is 1.36 bits per heavy atom. The van der Waals surface area contributed by atoms with Crippen LogP contribution < -0.4 is 16.0 Å². The largest absolute Gasteiger partial charge is 0.346 e. The van der Waals surface area contributed by atoms with Crippen LogP contribution in [0.2, 0.25) is 0 Å². The van der Waals surface area contributed by atoms with Crippen LogP contribution in [0.15, 0.2) is 6.20 Å². The maximum absolute atomic E-state index is 12.1. The molecule has 0 spiro atoms. The highest BCUT2D eigenvalue weighted by molar-refractivity contribution is 5.92. The summed E-state index contributed by atoms with van der Waals surface area (Å²) in [7, 11) is 0. The van der Waals surface area contributed by atoms with E-state index in [1.165, 1.54) is 4.68 Å². The second-order valence-corrected chi connectivity index (χ2v) is 5.49. The van der Waals surface area contributed by atoms with E-state index in [2.05, 4.69) is 26.3 Å². The second kappa shape index (κ2) is 6.12. The first-order chi connectivity index (χ1) is 10.3. The molecule has 0 saturated heterocycles. The Hall–Kier alpha value is -2.45. The third-order valence-corrected chi connectivity index (χ3v) is 3.61. The molecule has 1 aliphatic heterocycles. The van der Waals surface area contributed by atoms with Gasteiger partial charge < -0.3 is 16.0 Å². The number of carbonyl (C=O) groups excluding carboxylic acids is 3. The summed E-state index contributed by atoms with van der Waals surface area (Å²) >= 11 is 0. The Morgan fingerprint density at radius 3 is 1.95 bits per heavy atom. The molecule has 120 valence electrons. The van der Waals surface area contributed by atoms with Crippen LogP contribution in [0.5, 0.6) is 0 Å². The number of rotatable bonds is 0. The van der Waals surface area contributed by atoms with Gasteiger partial charge in [-0.2, -0.15) is 0 Å². The summed E-state index contributed by atoms with van der Waals surface area (Å²) in [6.45, 7) is 6.55. The van der Waals surface area contributed by atoms with Gasteiger partial charge in [0.1, 0.15) is 23.8 Å². The van der Waals surface area contributed by atoms with Crippen molar-refractivity contribution in [3.8, 4) is 0 Å². The third kappa shape index (κ3) is 3.23. The standard InChI is InChI=1S/C13H20N6O3/c1-6-10-5-19(18-17-10)9(4)13(22)16-8(3)12(21)15-7(2)11(20)14-6/h5-9H,1-4H3,(H,14,20)(H,15,21)(H,16,22)/t6-,7-,8-,9+/m0/s1. The minimum atomic E-state index is -0.758. The number of hydrogen-bond acceptors (Lipinski definition) is 5. The summed E-state index contributed by atoms with van der Waals surface area (Å²) in [5.74, 6) is -1.10. The summed E-state index contributed by atoms with van der Waals surface area (Å²) in [6.07, 6.45) is 1.61. The summed E-state index contributed by atoms with van der Waals surface area (Å²) < 4.78 is 1.40. The smallest absolute Gasteiger partial charge is 0.245 e. The first kappa shape index (κ1) is 15.9. The Balaban J connectivity index is 2.32. The third-order valence-electron chi connectivity index (χ3n) is 3.61. The monoisotopic (exact) mass is 308 g/mol. The lowest BCUT2D eigenvalue weighted by atomic mass is 10.2. The first-order valence-corrected chi connectivity index (χ1v) is 7.12. The molecule has 9 heteroatoms. The highest BCUT2D eigenvalue weighted by atomic mass is 16.2. The fourth-order valence-corrected chi connectivity index (χ4v) is 2.01. The van der Waals surface area contributed by atoms with Gasteiger partial charge in [-0.05, 0) is 27.7 Å². The molecule has 3 amide bonds. The van der Waals surface area contributed by atoms with Gasteiger partial charge in [-0.3, -0.25) is 14.4 Å². The average molecular weight is 308 g/mol. The summed E-state index contributed by atoms with van der Waals surface area (Å²) in [5.41, 5.74) is 0.541. The zero-order valence-corrected chi connectivity index (χ0v) is 13.0. The Bertz CT molecular complexity index is 598. The van der Waals surface area contributed by atoms with Crippen molar-refractivity contribution in [2.45, 2.75) is 51.9 Å². The minimum Gasteiger partial charge on any atom is -0.346 e. The van der Waals surface area contributed by atoms with E-state index in [4.69, 9.17) is 0 Å². The quantitative estimate of drug-likeness (QED) is 0.570. The van der Waals surface area contributed by atoms with Crippen molar-refractivity contribution >= 4 is 17.7 Å². The minimum absolute atomic E-state index is 0.332. The molecule has 0 radical (unpaired) electrons. The summed E-state index contributed by atoms with van der Waals surface area (Å²) in [5, 5.41) is 15.8. The van der Waals surface area contributed by atoms with Gasteiger partial charge >= 0.3 is 0 Å². The van der Waals surface area contributed by atoms with E-state index >= 15 is 0 Å². The van der Waals surface area contributed by atoms with Gasteiger partial charge in [-0.15, -0.1) is 5.10 Å². The molecule has 0 fully saturated rings. The van der Waals surface area contributed by atoms with Gasteiger partial charge in [-0.25, -0.2) is 4.68 Å². The predicted octanol–water partition coefficient (Wildman–Crippen LogP) is -0.961. The van der Waals surface area contributed by atoms with Gasteiger partial charge in [0, 0.05) is 0 Å². The summed E-state index contributed by atoms with van der Waals surface area (Å²) in [6, 6.07) is -2.47. The van der Waals surface area contributed by atoms with Crippen molar-refractivity contribution in [2.24, 2.45) is 0 Å². The van der Waals surface area contributed by atoms with Crippen molar-refractivity contribution in [1.29, 1.82) is 0 Å². The van der Waals surface area contributed by atoms with Gasteiger partial charge in [0.15, 0.2) is 0 Å². The van der Waals surface area contributed by atoms with Crippen LogP contribution in [0.1, 0.15) is 45.5 Å². The normalized spacial score (nSPS) is 30.3. The van der Waals surface area contributed by atoms with Crippen LogP contribution >= 0.6 is 0 Å². The number of amides is 3. The lowest BCUT2D eigenvalue weighted by Crippen LogP contribution is -2.52. The summed E-state index contributed by atoms with van der Waals surface area (Å²) in [4.78, 5) is 36.2. The van der Waals surface area contributed by atoms with Crippen LogP contribution in [-0.4, -0.2) is 44.8 Å². The van der Waals surface area contributed by atoms with Crippen LogP contribution in [0, 0.1) is 0 Å². The number of carbonyl (C=O) groups is 3. The molecule has 22 heavy (non-hydrogen) atoms. The lowest BCUT2D eigenvalue weighted by molar-refractivity contribution is -0.132. The first-order valence-electron chi connectivity index (χ1n) is 7.12. The lowest BCUT2D eigenvalue weighted by Gasteiger charge is -2.20. The molecule has 0 saturated carbocycles. The fraction of sp³-hybridized carbons (Fsp3) is 0.615. The highest BCUT2D eigenvalue weighted by Gasteiger charge is 2.26. The van der Waals surface area contributed by atoms with Gasteiger partial charge in [-0.1, -0.05) is 5.21 Å². The van der Waals surface area contributed by atoms with Crippen molar-refractivity contribution < 1.29 is 14.4 Å². The van der Waals surface area contributed by atoms with Gasteiger partial charge in [0.05, 0.1) is 12.2 Å². The van der Waals surface area contributed by atoms with Crippen LogP contribution in [0.3, 0.4) is 0 Å². The molecule has 1 aliphatic rings. The van der Waals surface area contributed by atoms with Gasteiger partial charge in [0.25, 0.3) is 0 Å². The van der Waals surface area contributed by atoms with Crippen LogP contribution in [0.25, 0.3) is 0 Å². The molecule has 1 aromatic rings. The van der Waals surface area contributed by atoms with Crippen molar-refractivity contribution in [2.75, 3.05) is 0 Å². The number of hydrogen-bond donors (Lipinski definition) is 3. The molecule has 0 unspecified atom stereocenters. The number of nitrogens with zero attached hydrogens (tertiary/aromatic N) is 3. The number of nitrogens with one attached hydrogen (secondary N) is 3. The van der Waals surface area contributed by atoms with E-state index in [0.717, 1.165) is 0 Å². The predicted molar refractivity (Wildman–Crippen MR) is 76.5 cm³/mol. The molecule has 2 bridgehead atoms. The Kier molecular flexibility index (Phi) is 4.43. The maximum atomic E-state index is 12.1. The molecule has 2 rings (SSSR count). The maximum Gasteiger partial charge on any atom is 0.245 e.